The minimum Gasteiger partial charge on any atom is -0.396 e. The molecule has 10 nitrogen and oxygen atoms in total. The second-order valence-corrected chi connectivity index (χ2v) is 8.60. The van der Waals surface area contributed by atoms with Crippen LogP contribution in [0, 0.1) is 0 Å². The van der Waals surface area contributed by atoms with Crippen molar-refractivity contribution in [1.29, 1.82) is 0 Å². The van der Waals surface area contributed by atoms with Gasteiger partial charge in [-0.3, -0.25) is 14.0 Å². The number of aliphatic hydroxyl groups is 1. The lowest BCUT2D eigenvalue weighted by Gasteiger charge is -2.24. The van der Waals surface area contributed by atoms with Gasteiger partial charge in [-0.2, -0.15) is 0 Å². The highest BCUT2D eigenvalue weighted by Gasteiger charge is 2.29. The molecule has 1 atom stereocenters. The van der Waals surface area contributed by atoms with Gasteiger partial charge in [-0.05, 0) is 44.4 Å². The number of nitrogens with zero attached hydrogens (tertiary/aromatic N) is 3. The quantitative estimate of drug-likeness (QED) is 0.294. The molecule has 0 saturated heterocycles. The number of carbonyl (C=O) groups excluding carboxylic acids is 2. The summed E-state index contributed by atoms with van der Waals surface area (Å²) >= 11 is 0. The van der Waals surface area contributed by atoms with Crippen LogP contribution < -0.4 is 16.4 Å². The summed E-state index contributed by atoms with van der Waals surface area (Å²) in [4.78, 5) is 25.6. The van der Waals surface area contributed by atoms with Gasteiger partial charge in [-0.15, -0.1) is 10.2 Å². The number of hydrogen-bond acceptors (Lipinski definition) is 7. The van der Waals surface area contributed by atoms with Gasteiger partial charge in [0.25, 0.3) is 5.91 Å². The second-order valence-electron chi connectivity index (χ2n) is 8.60. The molecule has 0 aliphatic heterocycles. The molecular weight excluding hydrogens is 436 g/mol. The molecule has 0 aliphatic rings. The maximum absolute atomic E-state index is 12.9. The van der Waals surface area contributed by atoms with E-state index in [9.17, 15) is 9.59 Å². The molecular formula is C24H32N6O4. The Morgan fingerprint density at radius 2 is 1.88 bits per heavy atom. The molecule has 0 bridgehead atoms. The van der Waals surface area contributed by atoms with Crippen molar-refractivity contribution in [2.45, 2.75) is 44.9 Å². The molecule has 0 saturated carbocycles. The average molecular weight is 469 g/mol. The first-order valence-electron chi connectivity index (χ1n) is 11.3. The van der Waals surface area contributed by atoms with Crippen LogP contribution in [0.25, 0.3) is 5.65 Å². The molecule has 2 heterocycles. The molecule has 3 aromatic rings. The Balaban J connectivity index is 1.87. The van der Waals surface area contributed by atoms with Gasteiger partial charge in [-0.1, -0.05) is 36.4 Å². The minimum atomic E-state index is -1.12. The highest BCUT2D eigenvalue weighted by Crippen LogP contribution is 2.18. The predicted molar refractivity (Wildman–Crippen MR) is 127 cm³/mol. The molecule has 0 fully saturated rings. The van der Waals surface area contributed by atoms with Crippen molar-refractivity contribution < 1.29 is 19.4 Å². The minimum absolute atomic E-state index is 0.0723. The molecule has 0 spiro atoms. The lowest BCUT2D eigenvalue weighted by atomic mass is 10.1. The highest BCUT2D eigenvalue weighted by molar-refractivity contribution is 5.93. The summed E-state index contributed by atoms with van der Waals surface area (Å²) < 4.78 is 7.51. The first kappa shape index (κ1) is 25.3. The van der Waals surface area contributed by atoms with Crippen molar-refractivity contribution in [3.05, 3.63) is 65.6 Å². The third kappa shape index (κ3) is 6.60. The second kappa shape index (κ2) is 11.7. The zero-order valence-corrected chi connectivity index (χ0v) is 19.5. The van der Waals surface area contributed by atoms with E-state index >= 15 is 0 Å². The number of ether oxygens (including phenoxy) is 1. The molecule has 0 aliphatic carbocycles. The van der Waals surface area contributed by atoms with Gasteiger partial charge in [0.15, 0.2) is 11.5 Å². The fourth-order valence-electron chi connectivity index (χ4n) is 3.29. The summed E-state index contributed by atoms with van der Waals surface area (Å²) in [6, 6.07) is 14.1. The van der Waals surface area contributed by atoms with Gasteiger partial charge in [0.2, 0.25) is 5.91 Å². The number of aromatic nitrogens is 3. The maximum atomic E-state index is 12.9. The first-order valence-corrected chi connectivity index (χ1v) is 11.3. The van der Waals surface area contributed by atoms with Crippen LogP contribution in [0.2, 0.25) is 0 Å². The van der Waals surface area contributed by atoms with Gasteiger partial charge >= 0.3 is 0 Å². The maximum Gasteiger partial charge on any atom is 0.268 e. The van der Waals surface area contributed by atoms with E-state index in [2.05, 4.69) is 20.8 Å². The highest BCUT2D eigenvalue weighted by atomic mass is 16.5. The van der Waals surface area contributed by atoms with E-state index in [1.807, 2.05) is 30.3 Å². The van der Waals surface area contributed by atoms with Crippen LogP contribution in [-0.2, 0) is 16.1 Å². The Morgan fingerprint density at radius 3 is 2.59 bits per heavy atom. The number of fused-ring (bicyclic) bond motifs is 1. The number of hydrogen-bond donors (Lipinski definition) is 4. The van der Waals surface area contributed by atoms with Gasteiger partial charge in [-0.25, -0.2) is 0 Å². The average Bonchev–Trinajstić information content (AvgIpc) is 3.25. The van der Waals surface area contributed by atoms with E-state index in [0.29, 0.717) is 43.2 Å². The number of pyridine rings is 1. The molecule has 34 heavy (non-hydrogen) atoms. The number of nitrogens with two attached hydrogens (primary N) is 1. The van der Waals surface area contributed by atoms with Crippen molar-refractivity contribution in [3.63, 3.8) is 0 Å². The molecule has 5 N–H and O–H groups in total. The van der Waals surface area contributed by atoms with Gasteiger partial charge in [0, 0.05) is 13.2 Å². The monoisotopic (exact) mass is 468 g/mol. The van der Waals surface area contributed by atoms with E-state index in [4.69, 9.17) is 15.6 Å². The van der Waals surface area contributed by atoms with Gasteiger partial charge < -0.3 is 26.2 Å². The summed E-state index contributed by atoms with van der Waals surface area (Å²) in [7, 11) is 0. The first-order chi connectivity index (χ1) is 16.3. The molecule has 0 radical (unpaired) electrons. The summed E-state index contributed by atoms with van der Waals surface area (Å²) in [6.45, 7) is 4.16. The molecule has 0 unspecified atom stereocenters. The van der Waals surface area contributed by atoms with Crippen molar-refractivity contribution in [2.24, 2.45) is 5.73 Å². The fraction of sp³-hybridized carbons (Fsp3) is 0.417. The Hall–Kier alpha value is -3.34. The SMILES string of the molecule is CC(C)(N)C(=O)N[C@H](COCc1ccccc1)c1nnc2cccc(C(=O)NCCCCO)n12. The topological polar surface area (TPSA) is 144 Å². The van der Waals surface area contributed by atoms with Crippen molar-refractivity contribution in [1.82, 2.24) is 25.2 Å². The molecule has 1 aromatic carbocycles. The van der Waals surface area contributed by atoms with Crippen LogP contribution >= 0.6 is 0 Å². The molecule has 3 rings (SSSR count). The van der Waals surface area contributed by atoms with Crippen LogP contribution in [0.4, 0.5) is 0 Å². The lowest BCUT2D eigenvalue weighted by molar-refractivity contribution is -0.126. The molecule has 2 aromatic heterocycles. The van der Waals surface area contributed by atoms with Gasteiger partial charge in [0.05, 0.1) is 18.8 Å². The Labute approximate surface area is 198 Å². The van der Waals surface area contributed by atoms with Gasteiger partial charge in [0.1, 0.15) is 11.7 Å². The predicted octanol–water partition coefficient (Wildman–Crippen LogP) is 1.34. The standard InChI is InChI=1S/C24H32N6O4/c1-24(2,25)23(33)27-18(16-34-15-17-9-4-3-5-10-17)21-29-28-20-12-8-11-19(30(20)21)22(32)26-13-6-7-14-31/h3-5,8-12,18,31H,6-7,13-16,25H2,1-2H3,(H,26,32)(H,27,33)/t18-/m1/s1. The molecule has 182 valence electrons. The number of unbranched alkanes of at least 4 members (excludes halogenated alkanes) is 1. The zero-order chi connectivity index (χ0) is 24.6. The Bertz CT molecular complexity index is 1090. The number of nitrogens with one attached hydrogen (secondary N) is 2. The van der Waals surface area contributed by atoms with E-state index in [-0.39, 0.29) is 25.0 Å². The van der Waals surface area contributed by atoms with E-state index < -0.39 is 11.6 Å². The van der Waals surface area contributed by atoms with Crippen molar-refractivity contribution in [3.8, 4) is 0 Å². The van der Waals surface area contributed by atoms with Crippen LogP contribution in [-0.4, -0.2) is 56.8 Å². The largest absolute Gasteiger partial charge is 0.396 e. The van der Waals surface area contributed by atoms with Crippen molar-refractivity contribution in [2.75, 3.05) is 19.8 Å². The normalized spacial score (nSPS) is 12.5. The number of amides is 2. The Morgan fingerprint density at radius 1 is 1.12 bits per heavy atom. The van der Waals surface area contributed by atoms with Crippen LogP contribution in [0.1, 0.15) is 54.6 Å². The lowest BCUT2D eigenvalue weighted by Crippen LogP contribution is -2.51. The van der Waals surface area contributed by atoms with Crippen molar-refractivity contribution >= 4 is 17.5 Å². The van der Waals surface area contributed by atoms with E-state index in [0.717, 1.165) is 5.56 Å². The number of aliphatic hydroxyl groups excluding tert-OH is 1. The summed E-state index contributed by atoms with van der Waals surface area (Å²) in [5.41, 5.74) is 6.65. The van der Waals surface area contributed by atoms with E-state index in [1.165, 1.54) is 0 Å². The Kier molecular flexibility index (Phi) is 8.69. The van der Waals surface area contributed by atoms with Crippen LogP contribution in [0.5, 0.6) is 0 Å². The molecule has 10 heteroatoms. The number of benzene rings is 1. The third-order valence-corrected chi connectivity index (χ3v) is 5.15. The summed E-state index contributed by atoms with van der Waals surface area (Å²) in [6.07, 6.45) is 1.26. The summed E-state index contributed by atoms with van der Waals surface area (Å²) in [5.74, 6) is -0.329. The molecule has 2 amide bonds. The van der Waals surface area contributed by atoms with Crippen LogP contribution in [0.3, 0.4) is 0 Å². The smallest absolute Gasteiger partial charge is 0.268 e. The summed E-state index contributed by atoms with van der Waals surface area (Å²) in [5, 5.41) is 23.1. The van der Waals surface area contributed by atoms with E-state index in [1.54, 1.807) is 36.4 Å². The third-order valence-electron chi connectivity index (χ3n) is 5.15. The fourth-order valence-corrected chi connectivity index (χ4v) is 3.29. The van der Waals surface area contributed by atoms with Crippen LogP contribution in [0.15, 0.2) is 48.5 Å². The number of rotatable bonds is 12. The number of carbonyl (C=O) groups is 2. The zero-order valence-electron chi connectivity index (χ0n) is 19.5.